The normalized spacial score (nSPS) is 9.50. The van der Waals surface area contributed by atoms with Gasteiger partial charge < -0.3 is 15.6 Å². The molecule has 0 aliphatic rings. The highest BCUT2D eigenvalue weighted by Gasteiger charge is 2.01. The first-order valence-electron chi connectivity index (χ1n) is 11.4. The summed E-state index contributed by atoms with van der Waals surface area (Å²) in [6, 6.07) is 17.6. The molecule has 10 heteroatoms. The Morgan fingerprint density at radius 2 is 1.19 bits per heavy atom. The van der Waals surface area contributed by atoms with Crippen LogP contribution in [0.5, 0.6) is 0 Å². The van der Waals surface area contributed by atoms with E-state index in [1.54, 1.807) is 61.8 Å². The van der Waals surface area contributed by atoms with E-state index in [0.29, 0.717) is 22.8 Å². The van der Waals surface area contributed by atoms with E-state index >= 15 is 0 Å². The molecule has 0 aromatic carbocycles. The van der Waals surface area contributed by atoms with Gasteiger partial charge in [0.2, 0.25) is 5.71 Å². The van der Waals surface area contributed by atoms with Gasteiger partial charge >= 0.3 is 0 Å². The zero-order chi connectivity index (χ0) is 28.0. The topological polar surface area (TPSA) is 160 Å². The Bertz CT molecular complexity index is 990. The molecule has 10 nitrogen and oxygen atoms in total. The van der Waals surface area contributed by atoms with Crippen LogP contribution in [0.4, 0.5) is 0 Å². The fourth-order valence-electron chi connectivity index (χ4n) is 1.77. The van der Waals surface area contributed by atoms with Gasteiger partial charge in [-0.05, 0) is 43.3 Å². The molecule has 0 bridgehead atoms. The average molecular weight is 496 g/mol. The number of aromatic nitrogens is 3. The summed E-state index contributed by atoms with van der Waals surface area (Å²) in [5, 5.41) is 41.7. The van der Waals surface area contributed by atoms with Gasteiger partial charge in [0.15, 0.2) is 0 Å². The largest absolute Gasteiger partial charge is 0.411 e. The van der Waals surface area contributed by atoms with E-state index in [1.807, 2.05) is 59.7 Å². The van der Waals surface area contributed by atoms with Crippen LogP contribution in [0.25, 0.3) is 0 Å². The van der Waals surface area contributed by atoms with Crippen molar-refractivity contribution in [2.45, 2.75) is 48.5 Å². The zero-order valence-electron chi connectivity index (χ0n) is 22.0. The molecule has 3 aromatic heterocycles. The summed E-state index contributed by atoms with van der Waals surface area (Å²) < 4.78 is 0. The second-order valence-corrected chi connectivity index (χ2v) is 5.17. The number of oxime groups is 3. The predicted molar refractivity (Wildman–Crippen MR) is 144 cm³/mol. The highest BCUT2D eigenvalue weighted by Crippen LogP contribution is 1.95. The lowest BCUT2D eigenvalue weighted by molar-refractivity contribution is 0.319. The third-order valence-electron chi connectivity index (χ3n) is 3.18. The molecule has 0 saturated heterocycles. The molecule has 0 amide bonds. The Kier molecular flexibility index (Phi) is 28.3. The summed E-state index contributed by atoms with van der Waals surface area (Å²) in [6.45, 7) is 13.7. The van der Waals surface area contributed by atoms with Crippen LogP contribution in [0, 0.1) is 11.3 Å². The Labute approximate surface area is 214 Å². The first kappa shape index (κ1) is 35.9. The van der Waals surface area contributed by atoms with E-state index in [-0.39, 0.29) is 5.71 Å². The molecule has 0 atom stereocenters. The van der Waals surface area contributed by atoms with Crippen molar-refractivity contribution in [1.29, 1.82) is 5.26 Å². The molecular formula is C26H37N7O3. The summed E-state index contributed by atoms with van der Waals surface area (Å²) in [6.07, 6.45) is 6.10. The Morgan fingerprint density at radius 1 is 0.722 bits per heavy atom. The van der Waals surface area contributed by atoms with Gasteiger partial charge in [-0.3, -0.25) is 15.0 Å². The van der Waals surface area contributed by atoms with Gasteiger partial charge in [-0.15, -0.1) is 0 Å². The third-order valence-corrected chi connectivity index (χ3v) is 3.18. The van der Waals surface area contributed by atoms with Crippen molar-refractivity contribution < 1.29 is 15.6 Å². The molecule has 3 N–H and O–H groups in total. The van der Waals surface area contributed by atoms with Crippen molar-refractivity contribution in [3.8, 4) is 6.07 Å². The van der Waals surface area contributed by atoms with Crippen molar-refractivity contribution in [3.63, 3.8) is 0 Å². The van der Waals surface area contributed by atoms with Crippen LogP contribution in [0.15, 0.2) is 88.7 Å². The number of pyridine rings is 3. The van der Waals surface area contributed by atoms with Gasteiger partial charge in [0.25, 0.3) is 0 Å². The number of hydrogen-bond donors (Lipinski definition) is 3. The summed E-state index contributed by atoms with van der Waals surface area (Å²) in [4.78, 5) is 11.6. The molecule has 0 spiro atoms. The van der Waals surface area contributed by atoms with Crippen molar-refractivity contribution in [2.75, 3.05) is 0 Å². The number of nitriles is 1. The van der Waals surface area contributed by atoms with Crippen molar-refractivity contribution in [1.82, 2.24) is 15.0 Å². The van der Waals surface area contributed by atoms with Crippen LogP contribution in [0.3, 0.4) is 0 Å². The van der Waals surface area contributed by atoms with E-state index in [4.69, 9.17) is 20.9 Å². The molecule has 0 saturated carbocycles. The van der Waals surface area contributed by atoms with Gasteiger partial charge in [0.1, 0.15) is 17.5 Å². The van der Waals surface area contributed by atoms with E-state index in [9.17, 15) is 0 Å². The minimum Gasteiger partial charge on any atom is -0.411 e. The maximum absolute atomic E-state index is 8.40. The number of nitrogens with zero attached hydrogens (tertiary/aromatic N) is 7. The second-order valence-electron chi connectivity index (χ2n) is 5.17. The van der Waals surface area contributed by atoms with Crippen LogP contribution in [0.2, 0.25) is 0 Å². The first-order valence-corrected chi connectivity index (χ1v) is 11.4. The molecule has 0 fully saturated rings. The molecule has 36 heavy (non-hydrogen) atoms. The fourth-order valence-corrected chi connectivity index (χ4v) is 1.77. The highest BCUT2D eigenvalue weighted by molar-refractivity contribution is 6.09. The van der Waals surface area contributed by atoms with E-state index in [0.717, 1.165) is 0 Å². The zero-order valence-corrected chi connectivity index (χ0v) is 22.0. The molecule has 3 aromatic rings. The quantitative estimate of drug-likeness (QED) is 0.227. The molecule has 0 unspecified atom stereocenters. The second kappa shape index (κ2) is 28.4. The van der Waals surface area contributed by atoms with Gasteiger partial charge in [-0.1, -0.05) is 75.2 Å². The summed E-state index contributed by atoms with van der Waals surface area (Å²) in [5.41, 5.74) is 2.17. The van der Waals surface area contributed by atoms with Crippen LogP contribution in [-0.4, -0.2) is 48.2 Å². The summed E-state index contributed by atoms with van der Waals surface area (Å²) >= 11 is 0. The maximum atomic E-state index is 8.40. The first-order chi connectivity index (χ1) is 17.7. The Hall–Kier alpha value is -4.65. The average Bonchev–Trinajstić information content (AvgIpc) is 2.99. The molecular weight excluding hydrogens is 458 g/mol. The monoisotopic (exact) mass is 495 g/mol. The lowest BCUT2D eigenvalue weighted by Gasteiger charge is -1.93. The van der Waals surface area contributed by atoms with Crippen molar-refractivity contribution >= 4 is 17.6 Å². The SMILES string of the molecule is C/C(=N\O)c1ccccn1.CC.CC.CC.N#C/C(=N\O)c1ccccn1.O/N=C/c1ccccn1. The maximum Gasteiger partial charge on any atom is 0.205 e. The van der Waals surface area contributed by atoms with Gasteiger partial charge in [0.05, 0.1) is 17.6 Å². The van der Waals surface area contributed by atoms with E-state index in [2.05, 4.69) is 30.4 Å². The van der Waals surface area contributed by atoms with E-state index in [1.165, 1.54) is 12.4 Å². The van der Waals surface area contributed by atoms with Crippen LogP contribution >= 0.6 is 0 Å². The molecule has 0 aliphatic heterocycles. The Balaban J connectivity index is -0.000000411. The van der Waals surface area contributed by atoms with Crippen molar-refractivity contribution in [2.24, 2.45) is 15.5 Å². The third kappa shape index (κ3) is 17.9. The summed E-state index contributed by atoms with van der Waals surface area (Å²) in [7, 11) is 0. The number of rotatable bonds is 3. The van der Waals surface area contributed by atoms with E-state index < -0.39 is 0 Å². The Morgan fingerprint density at radius 3 is 1.53 bits per heavy atom. The molecule has 0 aliphatic carbocycles. The van der Waals surface area contributed by atoms with Gasteiger partial charge in [-0.2, -0.15) is 5.26 Å². The highest BCUT2D eigenvalue weighted by atomic mass is 16.4. The van der Waals surface area contributed by atoms with Crippen molar-refractivity contribution in [3.05, 3.63) is 90.3 Å². The molecule has 0 radical (unpaired) electrons. The minimum atomic E-state index is -0.0781. The predicted octanol–water partition coefficient (Wildman–Crippen LogP) is 6.03. The molecule has 3 heterocycles. The van der Waals surface area contributed by atoms with Crippen LogP contribution in [-0.2, 0) is 0 Å². The summed E-state index contributed by atoms with van der Waals surface area (Å²) in [5.74, 6) is 0. The van der Waals surface area contributed by atoms with Gasteiger partial charge in [-0.25, -0.2) is 0 Å². The molecule has 194 valence electrons. The number of hydrogen-bond acceptors (Lipinski definition) is 10. The van der Waals surface area contributed by atoms with Gasteiger partial charge in [0, 0.05) is 18.6 Å². The minimum absolute atomic E-state index is 0.0781. The lowest BCUT2D eigenvalue weighted by Crippen LogP contribution is -1.98. The fraction of sp³-hybridized carbons (Fsp3) is 0.269. The van der Waals surface area contributed by atoms with Crippen LogP contribution < -0.4 is 0 Å². The van der Waals surface area contributed by atoms with Crippen LogP contribution in [0.1, 0.15) is 65.5 Å². The molecule has 3 rings (SSSR count). The smallest absolute Gasteiger partial charge is 0.205 e. The lowest BCUT2D eigenvalue weighted by atomic mass is 10.2. The standard InChI is InChI=1S/C7H5N3O.C7H8N2O.C6H6N2O.3C2H6/c8-5-7(10-11)6-3-1-2-4-9-6;1-6(9-10)7-4-2-3-5-8-7;9-8-5-6-3-1-2-4-7-6;3*1-2/h1-4,11H;2-5,10H,1H3;1-5,9H;3*1-2H3/b10-7+;9-6+;8-5+;;;.